The molecule has 0 fully saturated rings. The summed E-state index contributed by atoms with van der Waals surface area (Å²) < 4.78 is 4.53. The van der Waals surface area contributed by atoms with Gasteiger partial charge < -0.3 is 10.5 Å². The fraction of sp³-hybridized carbons (Fsp3) is 0.333. The van der Waals surface area contributed by atoms with Crippen LogP contribution in [0.15, 0.2) is 18.3 Å². The van der Waals surface area contributed by atoms with E-state index in [9.17, 15) is 4.79 Å². The summed E-state index contributed by atoms with van der Waals surface area (Å²) in [6, 6.07) is 3.46. The molecule has 0 aromatic carbocycles. The molecule has 0 aliphatic carbocycles. The van der Waals surface area contributed by atoms with Crippen LogP contribution >= 0.6 is 0 Å². The molecule has 4 nitrogen and oxygen atoms in total. The quantitative estimate of drug-likeness (QED) is 0.682. The Hall–Kier alpha value is -1.42. The Morgan fingerprint density at radius 1 is 1.62 bits per heavy atom. The highest BCUT2D eigenvalue weighted by Crippen LogP contribution is 2.01. The van der Waals surface area contributed by atoms with Crippen LogP contribution in [0.3, 0.4) is 0 Å². The van der Waals surface area contributed by atoms with Gasteiger partial charge in [0.2, 0.25) is 0 Å². The van der Waals surface area contributed by atoms with Gasteiger partial charge in [0.15, 0.2) is 0 Å². The number of rotatable bonds is 3. The first-order valence-corrected chi connectivity index (χ1v) is 4.01. The van der Waals surface area contributed by atoms with Gasteiger partial charge in [-0.1, -0.05) is 0 Å². The van der Waals surface area contributed by atoms with Crippen LogP contribution in [0.25, 0.3) is 0 Å². The zero-order valence-corrected chi connectivity index (χ0v) is 7.49. The second-order valence-corrected chi connectivity index (χ2v) is 2.57. The van der Waals surface area contributed by atoms with Crippen molar-refractivity contribution in [2.45, 2.75) is 6.42 Å². The molecular weight excluding hydrogens is 168 g/mol. The van der Waals surface area contributed by atoms with Gasteiger partial charge in [-0.2, -0.15) is 0 Å². The normalized spacial score (nSPS) is 9.69. The van der Waals surface area contributed by atoms with E-state index in [2.05, 4.69) is 9.72 Å². The number of methoxy groups -OCH3 is 1. The minimum atomic E-state index is -0.369. The monoisotopic (exact) mass is 180 g/mol. The summed E-state index contributed by atoms with van der Waals surface area (Å²) in [5, 5.41) is 0. The van der Waals surface area contributed by atoms with Gasteiger partial charge >= 0.3 is 5.97 Å². The molecule has 1 aromatic rings. The van der Waals surface area contributed by atoms with Crippen molar-refractivity contribution in [2.75, 3.05) is 13.7 Å². The van der Waals surface area contributed by atoms with E-state index in [1.54, 1.807) is 12.1 Å². The van der Waals surface area contributed by atoms with Crippen LogP contribution in [0.4, 0.5) is 0 Å². The summed E-state index contributed by atoms with van der Waals surface area (Å²) in [7, 11) is 1.34. The molecule has 1 heterocycles. The Kier molecular flexibility index (Phi) is 3.40. The van der Waals surface area contributed by atoms with E-state index in [0.717, 1.165) is 12.1 Å². The first kappa shape index (κ1) is 9.67. The van der Waals surface area contributed by atoms with Gasteiger partial charge in [0.25, 0.3) is 0 Å². The van der Waals surface area contributed by atoms with Crippen molar-refractivity contribution in [3.8, 4) is 0 Å². The summed E-state index contributed by atoms with van der Waals surface area (Å²) in [4.78, 5) is 15.1. The van der Waals surface area contributed by atoms with Crippen LogP contribution in [0, 0.1) is 0 Å². The lowest BCUT2D eigenvalue weighted by Crippen LogP contribution is -2.06. The molecule has 2 N–H and O–H groups in total. The molecule has 1 rings (SSSR count). The Balaban J connectivity index is 2.75. The first-order valence-electron chi connectivity index (χ1n) is 4.01. The Labute approximate surface area is 76.7 Å². The molecule has 0 radical (unpaired) electrons. The van der Waals surface area contributed by atoms with Gasteiger partial charge in [0, 0.05) is 18.3 Å². The maximum atomic E-state index is 11.0. The van der Waals surface area contributed by atoms with Crippen molar-refractivity contribution in [2.24, 2.45) is 5.73 Å². The number of ether oxygens (including phenoxy) is 1. The lowest BCUT2D eigenvalue weighted by atomic mass is 10.2. The summed E-state index contributed by atoms with van der Waals surface area (Å²) in [6.07, 6.45) is 2.22. The van der Waals surface area contributed by atoms with Gasteiger partial charge in [-0.15, -0.1) is 0 Å². The van der Waals surface area contributed by atoms with Crippen LogP contribution in [0.5, 0.6) is 0 Å². The van der Waals surface area contributed by atoms with E-state index in [-0.39, 0.29) is 5.97 Å². The number of carbonyl (C=O) groups is 1. The minimum absolute atomic E-state index is 0.369. The smallest absolute Gasteiger partial charge is 0.339 e. The highest BCUT2D eigenvalue weighted by molar-refractivity contribution is 5.88. The number of aromatic nitrogens is 1. The molecular formula is C9H12N2O2. The zero-order valence-electron chi connectivity index (χ0n) is 7.49. The second kappa shape index (κ2) is 4.57. The van der Waals surface area contributed by atoms with E-state index in [1.165, 1.54) is 13.3 Å². The molecule has 0 aliphatic heterocycles. The van der Waals surface area contributed by atoms with Crippen molar-refractivity contribution >= 4 is 5.97 Å². The number of hydrogen-bond donors (Lipinski definition) is 1. The molecule has 0 atom stereocenters. The maximum Gasteiger partial charge on any atom is 0.339 e. The fourth-order valence-electron chi connectivity index (χ4n) is 0.959. The molecule has 0 saturated heterocycles. The van der Waals surface area contributed by atoms with Gasteiger partial charge in [-0.3, -0.25) is 4.98 Å². The number of pyridine rings is 1. The van der Waals surface area contributed by atoms with Crippen LogP contribution in [0.1, 0.15) is 16.1 Å². The summed E-state index contributed by atoms with van der Waals surface area (Å²) in [5.41, 5.74) is 6.70. The van der Waals surface area contributed by atoms with E-state index >= 15 is 0 Å². The second-order valence-electron chi connectivity index (χ2n) is 2.57. The van der Waals surface area contributed by atoms with Crippen LogP contribution in [-0.2, 0) is 11.2 Å². The molecule has 13 heavy (non-hydrogen) atoms. The average Bonchev–Trinajstić information content (AvgIpc) is 2.18. The highest BCUT2D eigenvalue weighted by Gasteiger charge is 2.04. The predicted molar refractivity (Wildman–Crippen MR) is 48.3 cm³/mol. The standard InChI is InChI=1S/C9H12N2O2/c1-13-9(12)7-2-3-8(4-5-10)11-6-7/h2-3,6H,4-5,10H2,1H3. The number of esters is 1. The molecule has 0 amide bonds. The molecule has 0 unspecified atom stereocenters. The molecule has 1 aromatic heterocycles. The van der Waals surface area contributed by atoms with Crippen molar-refractivity contribution in [3.05, 3.63) is 29.6 Å². The fourth-order valence-corrected chi connectivity index (χ4v) is 0.959. The number of nitrogens with two attached hydrogens (primary N) is 1. The maximum absolute atomic E-state index is 11.0. The topological polar surface area (TPSA) is 65.2 Å². The van der Waals surface area contributed by atoms with Gasteiger partial charge in [-0.05, 0) is 18.7 Å². The summed E-state index contributed by atoms with van der Waals surface area (Å²) >= 11 is 0. The first-order chi connectivity index (χ1) is 6.27. The van der Waals surface area contributed by atoms with E-state index in [0.29, 0.717) is 12.1 Å². The predicted octanol–water partition coefficient (Wildman–Crippen LogP) is 0.369. The lowest BCUT2D eigenvalue weighted by molar-refractivity contribution is 0.0600. The summed E-state index contributed by atoms with van der Waals surface area (Å²) in [5.74, 6) is -0.369. The van der Waals surface area contributed by atoms with Crippen LogP contribution < -0.4 is 5.73 Å². The van der Waals surface area contributed by atoms with E-state index in [4.69, 9.17) is 5.73 Å². The van der Waals surface area contributed by atoms with Crippen LogP contribution in [0.2, 0.25) is 0 Å². The number of nitrogens with zero attached hydrogens (tertiary/aromatic N) is 1. The third-order valence-corrected chi connectivity index (χ3v) is 1.65. The Morgan fingerprint density at radius 3 is 2.85 bits per heavy atom. The van der Waals surface area contributed by atoms with E-state index < -0.39 is 0 Å². The molecule has 0 saturated carbocycles. The molecule has 0 spiro atoms. The van der Waals surface area contributed by atoms with Gasteiger partial charge in [-0.25, -0.2) is 4.79 Å². The zero-order chi connectivity index (χ0) is 9.68. The Morgan fingerprint density at radius 2 is 2.38 bits per heavy atom. The SMILES string of the molecule is COC(=O)c1ccc(CCN)nc1. The largest absolute Gasteiger partial charge is 0.465 e. The molecule has 4 heteroatoms. The minimum Gasteiger partial charge on any atom is -0.465 e. The number of carbonyl (C=O) groups excluding carboxylic acids is 1. The molecule has 70 valence electrons. The van der Waals surface area contributed by atoms with Crippen molar-refractivity contribution in [1.82, 2.24) is 4.98 Å². The Bertz CT molecular complexity index is 282. The lowest BCUT2D eigenvalue weighted by Gasteiger charge is -2.00. The molecule has 0 bridgehead atoms. The van der Waals surface area contributed by atoms with Crippen LogP contribution in [-0.4, -0.2) is 24.6 Å². The summed E-state index contributed by atoms with van der Waals surface area (Å²) in [6.45, 7) is 0.560. The highest BCUT2D eigenvalue weighted by atomic mass is 16.5. The third-order valence-electron chi connectivity index (χ3n) is 1.65. The average molecular weight is 180 g/mol. The van der Waals surface area contributed by atoms with Gasteiger partial charge in [0.1, 0.15) is 0 Å². The molecule has 0 aliphatic rings. The van der Waals surface area contributed by atoms with Gasteiger partial charge in [0.05, 0.1) is 12.7 Å². The van der Waals surface area contributed by atoms with Crippen molar-refractivity contribution < 1.29 is 9.53 Å². The third kappa shape index (κ3) is 2.52. The van der Waals surface area contributed by atoms with Crippen molar-refractivity contribution in [3.63, 3.8) is 0 Å². The van der Waals surface area contributed by atoms with E-state index in [1.807, 2.05) is 0 Å². The number of hydrogen-bond acceptors (Lipinski definition) is 4. The van der Waals surface area contributed by atoms with Crippen molar-refractivity contribution in [1.29, 1.82) is 0 Å².